The van der Waals surface area contributed by atoms with Crippen molar-refractivity contribution in [3.05, 3.63) is 51.7 Å². The van der Waals surface area contributed by atoms with Gasteiger partial charge in [0.1, 0.15) is 5.82 Å². The van der Waals surface area contributed by atoms with Crippen molar-refractivity contribution in [2.24, 2.45) is 0 Å². The molecule has 2 aromatic rings. The molecule has 0 aliphatic carbocycles. The predicted octanol–water partition coefficient (Wildman–Crippen LogP) is 3.92. The summed E-state index contributed by atoms with van der Waals surface area (Å²) in [6, 6.07) is 6.86. The Morgan fingerprint density at radius 3 is 2.65 bits per heavy atom. The van der Waals surface area contributed by atoms with Crippen LogP contribution in [0, 0.1) is 12.7 Å². The first-order chi connectivity index (χ1) is 9.69. The Balaban J connectivity index is 2.09. The number of hydrogen-bond acceptors (Lipinski definition) is 3. The molecule has 1 heterocycles. The van der Waals surface area contributed by atoms with Gasteiger partial charge in [-0.05, 0) is 44.0 Å². The highest BCUT2D eigenvalue weighted by molar-refractivity contribution is 7.11. The van der Waals surface area contributed by atoms with Gasteiger partial charge in [0, 0.05) is 23.5 Å². The Morgan fingerprint density at radius 1 is 1.30 bits per heavy atom. The van der Waals surface area contributed by atoms with E-state index in [1.807, 2.05) is 25.3 Å². The predicted molar refractivity (Wildman–Crippen MR) is 82.9 cm³/mol. The molecule has 0 fully saturated rings. The number of benzene rings is 1. The summed E-state index contributed by atoms with van der Waals surface area (Å²) in [6.07, 6.45) is 4.03. The zero-order valence-corrected chi connectivity index (χ0v) is 12.8. The van der Waals surface area contributed by atoms with E-state index in [9.17, 15) is 4.39 Å². The number of rotatable bonds is 7. The van der Waals surface area contributed by atoms with Gasteiger partial charge in [0.15, 0.2) is 0 Å². The van der Waals surface area contributed by atoms with Crippen LogP contribution in [0.1, 0.15) is 34.7 Å². The molecule has 20 heavy (non-hydrogen) atoms. The van der Waals surface area contributed by atoms with Crippen molar-refractivity contribution in [3.63, 3.8) is 0 Å². The summed E-state index contributed by atoms with van der Waals surface area (Å²) in [7, 11) is 0. The topological polar surface area (TPSA) is 24.9 Å². The minimum atomic E-state index is -0.178. The lowest BCUT2D eigenvalue weighted by atomic mass is 9.95. The summed E-state index contributed by atoms with van der Waals surface area (Å²) in [5.74, 6) is 0.185. The van der Waals surface area contributed by atoms with Crippen LogP contribution in [0.4, 0.5) is 4.39 Å². The second-order valence-electron chi connectivity index (χ2n) is 5.00. The summed E-state index contributed by atoms with van der Waals surface area (Å²) in [6.45, 7) is 6.11. The Kier molecular flexibility index (Phi) is 5.68. The van der Waals surface area contributed by atoms with Crippen LogP contribution in [0.2, 0.25) is 0 Å². The molecule has 0 amide bonds. The van der Waals surface area contributed by atoms with Crippen molar-refractivity contribution < 1.29 is 4.39 Å². The van der Waals surface area contributed by atoms with Gasteiger partial charge in [0.05, 0.1) is 5.01 Å². The second kappa shape index (κ2) is 7.50. The molecule has 0 saturated heterocycles. The highest BCUT2D eigenvalue weighted by Gasteiger charge is 2.13. The highest BCUT2D eigenvalue weighted by atomic mass is 32.1. The molecular weight excluding hydrogens is 271 g/mol. The van der Waals surface area contributed by atoms with Gasteiger partial charge in [-0.25, -0.2) is 9.37 Å². The number of halogens is 1. The molecule has 1 aromatic carbocycles. The second-order valence-corrected chi connectivity index (χ2v) is 6.32. The van der Waals surface area contributed by atoms with Crippen LogP contribution < -0.4 is 5.32 Å². The van der Waals surface area contributed by atoms with Gasteiger partial charge in [-0.2, -0.15) is 0 Å². The van der Waals surface area contributed by atoms with Crippen LogP contribution in [0.3, 0.4) is 0 Å². The van der Waals surface area contributed by atoms with Crippen LogP contribution in [0.15, 0.2) is 30.5 Å². The molecule has 2 rings (SSSR count). The van der Waals surface area contributed by atoms with Crippen molar-refractivity contribution in [2.45, 2.75) is 32.6 Å². The van der Waals surface area contributed by atoms with Gasteiger partial charge >= 0.3 is 0 Å². The van der Waals surface area contributed by atoms with E-state index in [0.29, 0.717) is 5.92 Å². The van der Waals surface area contributed by atoms with Crippen molar-refractivity contribution in [1.29, 1.82) is 0 Å². The fourth-order valence-electron chi connectivity index (χ4n) is 2.24. The average Bonchev–Trinajstić information content (AvgIpc) is 2.84. The number of nitrogens with one attached hydrogen (secondary N) is 1. The molecule has 0 aliphatic rings. The first-order valence-electron chi connectivity index (χ1n) is 7.06. The van der Waals surface area contributed by atoms with E-state index in [-0.39, 0.29) is 5.82 Å². The molecule has 2 nitrogen and oxygen atoms in total. The standard InChI is InChI=1S/C16H21FN2S/c1-3-8-18-10-14(9-16-11-19-12(2)20-16)13-4-6-15(17)7-5-13/h4-7,11,14,18H,3,8-10H2,1-2H3. The molecule has 1 unspecified atom stereocenters. The molecule has 4 heteroatoms. The number of nitrogens with zero attached hydrogens (tertiary/aromatic N) is 1. The molecule has 0 aliphatic heterocycles. The largest absolute Gasteiger partial charge is 0.316 e. The number of aromatic nitrogens is 1. The lowest BCUT2D eigenvalue weighted by Gasteiger charge is -2.17. The quantitative estimate of drug-likeness (QED) is 0.782. The summed E-state index contributed by atoms with van der Waals surface area (Å²) >= 11 is 1.74. The first kappa shape index (κ1) is 15.1. The monoisotopic (exact) mass is 292 g/mol. The van der Waals surface area contributed by atoms with Gasteiger partial charge in [-0.15, -0.1) is 11.3 Å². The third kappa shape index (κ3) is 4.39. The van der Waals surface area contributed by atoms with Crippen LogP contribution in [0.25, 0.3) is 0 Å². The maximum atomic E-state index is 13.1. The van der Waals surface area contributed by atoms with Crippen molar-refractivity contribution in [1.82, 2.24) is 10.3 Å². The Bertz CT molecular complexity index is 522. The van der Waals surface area contributed by atoms with Crippen LogP contribution >= 0.6 is 11.3 Å². The fourth-order valence-corrected chi connectivity index (χ4v) is 3.11. The third-order valence-electron chi connectivity index (χ3n) is 3.28. The molecule has 0 radical (unpaired) electrons. The van der Waals surface area contributed by atoms with E-state index >= 15 is 0 Å². The van der Waals surface area contributed by atoms with Crippen LogP contribution in [0.5, 0.6) is 0 Å². The molecule has 0 spiro atoms. The lowest BCUT2D eigenvalue weighted by molar-refractivity contribution is 0.576. The maximum absolute atomic E-state index is 13.1. The Labute approximate surface area is 124 Å². The summed E-state index contributed by atoms with van der Waals surface area (Å²) in [4.78, 5) is 5.60. The summed E-state index contributed by atoms with van der Waals surface area (Å²) in [5, 5.41) is 4.56. The van der Waals surface area contributed by atoms with E-state index in [4.69, 9.17) is 0 Å². The highest BCUT2D eigenvalue weighted by Crippen LogP contribution is 2.24. The molecule has 0 bridgehead atoms. The average molecular weight is 292 g/mol. The van der Waals surface area contributed by atoms with E-state index in [1.165, 1.54) is 10.4 Å². The van der Waals surface area contributed by atoms with Crippen LogP contribution in [-0.4, -0.2) is 18.1 Å². The van der Waals surface area contributed by atoms with E-state index in [2.05, 4.69) is 17.2 Å². The Morgan fingerprint density at radius 2 is 2.05 bits per heavy atom. The molecule has 108 valence electrons. The third-order valence-corrected chi connectivity index (χ3v) is 4.21. The Hall–Kier alpha value is -1.26. The maximum Gasteiger partial charge on any atom is 0.123 e. The first-order valence-corrected chi connectivity index (χ1v) is 7.88. The number of thiazole rings is 1. The van der Waals surface area contributed by atoms with E-state index in [0.717, 1.165) is 30.9 Å². The van der Waals surface area contributed by atoms with Crippen molar-refractivity contribution in [2.75, 3.05) is 13.1 Å². The van der Waals surface area contributed by atoms with Crippen LogP contribution in [-0.2, 0) is 6.42 Å². The molecular formula is C16H21FN2S. The zero-order chi connectivity index (χ0) is 14.4. The van der Waals surface area contributed by atoms with E-state index < -0.39 is 0 Å². The van der Waals surface area contributed by atoms with Gasteiger partial charge < -0.3 is 5.32 Å². The molecule has 1 atom stereocenters. The fraction of sp³-hybridized carbons (Fsp3) is 0.438. The molecule has 0 saturated carbocycles. The van der Waals surface area contributed by atoms with Gasteiger partial charge in [0.2, 0.25) is 0 Å². The van der Waals surface area contributed by atoms with Gasteiger partial charge in [-0.1, -0.05) is 19.1 Å². The molecule has 1 N–H and O–H groups in total. The van der Waals surface area contributed by atoms with Gasteiger partial charge in [0.25, 0.3) is 0 Å². The smallest absolute Gasteiger partial charge is 0.123 e. The summed E-state index contributed by atoms with van der Waals surface area (Å²) in [5.41, 5.74) is 1.18. The number of aryl methyl sites for hydroxylation is 1. The normalized spacial score (nSPS) is 12.6. The van der Waals surface area contributed by atoms with E-state index in [1.54, 1.807) is 23.5 Å². The van der Waals surface area contributed by atoms with Crippen molar-refractivity contribution in [3.8, 4) is 0 Å². The minimum absolute atomic E-state index is 0.178. The minimum Gasteiger partial charge on any atom is -0.316 e. The molecule has 1 aromatic heterocycles. The summed E-state index contributed by atoms with van der Waals surface area (Å²) < 4.78 is 13.1. The SMILES string of the molecule is CCCNCC(Cc1cnc(C)s1)c1ccc(F)cc1. The van der Waals surface area contributed by atoms with Gasteiger partial charge in [-0.3, -0.25) is 0 Å². The zero-order valence-electron chi connectivity index (χ0n) is 12.0. The van der Waals surface area contributed by atoms with Crippen molar-refractivity contribution >= 4 is 11.3 Å². The lowest BCUT2D eigenvalue weighted by Crippen LogP contribution is -2.23. The number of hydrogen-bond donors (Lipinski definition) is 1.